The molecule has 0 unspecified atom stereocenters. The van der Waals surface area contributed by atoms with E-state index in [0.29, 0.717) is 6.04 Å². The van der Waals surface area contributed by atoms with Crippen LogP contribution < -0.4 is 5.32 Å². The van der Waals surface area contributed by atoms with Gasteiger partial charge >= 0.3 is 0 Å². The number of nitrogens with zero attached hydrogens (tertiary/aromatic N) is 1. The summed E-state index contributed by atoms with van der Waals surface area (Å²) in [6, 6.07) is 6.24. The van der Waals surface area contributed by atoms with Crippen molar-refractivity contribution < 1.29 is 0 Å². The average molecular weight is 372 g/mol. The minimum Gasteiger partial charge on any atom is -0.314 e. The van der Waals surface area contributed by atoms with Crippen LogP contribution in [0.25, 0.3) is 0 Å². The van der Waals surface area contributed by atoms with Gasteiger partial charge in [0, 0.05) is 47.8 Å². The Bertz CT molecular complexity index is 425. The Kier molecular flexibility index (Phi) is 8.11. The van der Waals surface area contributed by atoms with E-state index in [-0.39, 0.29) is 24.8 Å². The molecule has 1 saturated carbocycles. The number of hydrogen-bond acceptors (Lipinski definition) is 2. The van der Waals surface area contributed by atoms with Gasteiger partial charge < -0.3 is 5.32 Å². The fourth-order valence-electron chi connectivity index (χ4n) is 2.94. The minimum atomic E-state index is 0. The summed E-state index contributed by atoms with van der Waals surface area (Å²) in [6.07, 6.45) is 3.93. The number of benzene rings is 1. The van der Waals surface area contributed by atoms with Crippen molar-refractivity contribution in [2.24, 2.45) is 5.92 Å². The van der Waals surface area contributed by atoms with Crippen molar-refractivity contribution in [1.29, 1.82) is 0 Å². The van der Waals surface area contributed by atoms with E-state index >= 15 is 0 Å². The zero-order chi connectivity index (χ0) is 13.2. The lowest BCUT2D eigenvalue weighted by Gasteiger charge is -2.36. The van der Waals surface area contributed by atoms with E-state index in [9.17, 15) is 0 Å². The number of halogens is 4. The van der Waals surface area contributed by atoms with Gasteiger partial charge in [-0.1, -0.05) is 42.1 Å². The van der Waals surface area contributed by atoms with E-state index in [4.69, 9.17) is 23.2 Å². The van der Waals surface area contributed by atoms with E-state index in [0.717, 1.165) is 47.7 Å². The molecule has 0 amide bonds. The molecule has 0 spiro atoms. The first kappa shape index (κ1) is 19.3. The fourth-order valence-corrected chi connectivity index (χ4v) is 3.59. The maximum absolute atomic E-state index is 6.42. The second-order valence-electron chi connectivity index (χ2n) is 5.62. The van der Waals surface area contributed by atoms with Crippen LogP contribution in [0, 0.1) is 5.92 Å². The topological polar surface area (TPSA) is 15.3 Å². The Morgan fingerprint density at radius 1 is 1.10 bits per heavy atom. The highest BCUT2D eigenvalue weighted by Crippen LogP contribution is 2.43. The molecule has 0 radical (unpaired) electrons. The van der Waals surface area contributed by atoms with Crippen LogP contribution >= 0.6 is 48.0 Å². The van der Waals surface area contributed by atoms with Gasteiger partial charge in [0.2, 0.25) is 0 Å². The molecule has 2 nitrogen and oxygen atoms in total. The Morgan fingerprint density at radius 3 is 2.19 bits per heavy atom. The van der Waals surface area contributed by atoms with Gasteiger partial charge in [-0.15, -0.1) is 24.8 Å². The van der Waals surface area contributed by atoms with Gasteiger partial charge in [0.05, 0.1) is 0 Å². The summed E-state index contributed by atoms with van der Waals surface area (Å²) >= 11 is 12.8. The van der Waals surface area contributed by atoms with Gasteiger partial charge in [-0.2, -0.15) is 0 Å². The molecule has 1 aromatic rings. The zero-order valence-electron chi connectivity index (χ0n) is 11.9. The Balaban J connectivity index is 0.00000110. The second kappa shape index (κ2) is 8.81. The molecule has 0 bridgehead atoms. The third kappa shape index (κ3) is 4.89. The molecule has 2 fully saturated rings. The van der Waals surface area contributed by atoms with Crippen molar-refractivity contribution in [2.75, 3.05) is 26.2 Å². The molecule has 6 heteroatoms. The molecule has 1 N–H and O–H groups in total. The SMILES string of the molecule is Cl.Cl.Clc1cccc(Cl)c1[C@H](CC1CC1)N1CCNCC1. The number of hydrogen-bond donors (Lipinski definition) is 1. The van der Waals surface area contributed by atoms with Crippen LogP contribution in [0.3, 0.4) is 0 Å². The smallest absolute Gasteiger partial charge is 0.0468 e. The number of rotatable bonds is 4. The quantitative estimate of drug-likeness (QED) is 0.832. The van der Waals surface area contributed by atoms with Gasteiger partial charge in [0.25, 0.3) is 0 Å². The number of nitrogens with one attached hydrogen (secondary N) is 1. The molecule has 120 valence electrons. The summed E-state index contributed by atoms with van der Waals surface area (Å²) in [7, 11) is 0. The van der Waals surface area contributed by atoms with Crippen LogP contribution in [0.4, 0.5) is 0 Å². The first-order valence-electron chi connectivity index (χ1n) is 7.14. The van der Waals surface area contributed by atoms with Crippen molar-refractivity contribution in [3.05, 3.63) is 33.8 Å². The third-order valence-electron chi connectivity index (χ3n) is 4.18. The Morgan fingerprint density at radius 2 is 1.67 bits per heavy atom. The summed E-state index contributed by atoms with van der Waals surface area (Å²) in [5.41, 5.74) is 1.14. The van der Waals surface area contributed by atoms with Crippen LogP contribution in [0.1, 0.15) is 30.9 Å². The van der Waals surface area contributed by atoms with Crippen molar-refractivity contribution in [2.45, 2.75) is 25.3 Å². The molecule has 3 rings (SSSR count). The van der Waals surface area contributed by atoms with Gasteiger partial charge in [-0.25, -0.2) is 0 Å². The summed E-state index contributed by atoms with van der Waals surface area (Å²) < 4.78 is 0. The maximum Gasteiger partial charge on any atom is 0.0468 e. The second-order valence-corrected chi connectivity index (χ2v) is 6.43. The normalized spacial score (nSPS) is 20.3. The third-order valence-corrected chi connectivity index (χ3v) is 4.84. The Labute approximate surface area is 149 Å². The lowest BCUT2D eigenvalue weighted by atomic mass is 9.98. The molecular weight excluding hydrogens is 350 g/mol. The first-order valence-corrected chi connectivity index (χ1v) is 7.90. The van der Waals surface area contributed by atoms with Gasteiger partial charge in [-0.3, -0.25) is 4.90 Å². The molecule has 1 heterocycles. The van der Waals surface area contributed by atoms with Crippen LogP contribution in [0.5, 0.6) is 0 Å². The monoisotopic (exact) mass is 370 g/mol. The maximum atomic E-state index is 6.42. The van der Waals surface area contributed by atoms with Gasteiger partial charge in [0.1, 0.15) is 0 Å². The summed E-state index contributed by atoms with van der Waals surface area (Å²) in [5.74, 6) is 0.868. The molecule has 1 atom stereocenters. The predicted octanol–water partition coefficient (Wildman–Crippen LogP) is 4.58. The number of piperazine rings is 1. The predicted molar refractivity (Wildman–Crippen MR) is 95.5 cm³/mol. The van der Waals surface area contributed by atoms with Crippen molar-refractivity contribution >= 4 is 48.0 Å². The summed E-state index contributed by atoms with van der Waals surface area (Å²) in [5, 5.41) is 5.04. The molecule has 1 saturated heterocycles. The van der Waals surface area contributed by atoms with E-state index in [1.54, 1.807) is 0 Å². The highest BCUT2D eigenvalue weighted by molar-refractivity contribution is 6.36. The molecular formula is C15H22Cl4N2. The zero-order valence-corrected chi connectivity index (χ0v) is 15.0. The van der Waals surface area contributed by atoms with Crippen molar-refractivity contribution in [1.82, 2.24) is 10.2 Å². The van der Waals surface area contributed by atoms with Crippen LogP contribution in [-0.2, 0) is 0 Å². The summed E-state index contributed by atoms with van der Waals surface area (Å²) in [6.45, 7) is 4.28. The average Bonchev–Trinajstić information content (AvgIpc) is 3.22. The van der Waals surface area contributed by atoms with E-state index in [1.165, 1.54) is 19.3 Å². The van der Waals surface area contributed by atoms with Gasteiger partial charge in [0.15, 0.2) is 0 Å². The minimum absolute atomic E-state index is 0. The molecule has 1 aromatic carbocycles. The largest absolute Gasteiger partial charge is 0.314 e. The van der Waals surface area contributed by atoms with E-state index < -0.39 is 0 Å². The van der Waals surface area contributed by atoms with Crippen molar-refractivity contribution in [3.63, 3.8) is 0 Å². The van der Waals surface area contributed by atoms with Crippen LogP contribution in [-0.4, -0.2) is 31.1 Å². The highest BCUT2D eigenvalue weighted by Gasteiger charge is 2.32. The Hall–Kier alpha value is 0.300. The standard InChI is InChI=1S/C15H20Cl2N2.2ClH/c16-12-2-1-3-13(17)15(12)14(10-11-4-5-11)19-8-6-18-7-9-19;;/h1-3,11,14,18H,4-10H2;2*1H/t14-;;/m0../s1. The van der Waals surface area contributed by atoms with E-state index in [1.807, 2.05) is 18.2 Å². The lowest BCUT2D eigenvalue weighted by molar-refractivity contribution is 0.160. The first-order chi connectivity index (χ1) is 9.25. The lowest BCUT2D eigenvalue weighted by Crippen LogP contribution is -2.45. The molecule has 1 aliphatic carbocycles. The van der Waals surface area contributed by atoms with Crippen LogP contribution in [0.15, 0.2) is 18.2 Å². The van der Waals surface area contributed by atoms with Gasteiger partial charge in [-0.05, 0) is 24.5 Å². The van der Waals surface area contributed by atoms with Crippen molar-refractivity contribution in [3.8, 4) is 0 Å². The fraction of sp³-hybridized carbons (Fsp3) is 0.600. The molecule has 1 aliphatic heterocycles. The molecule has 0 aromatic heterocycles. The van der Waals surface area contributed by atoms with Crippen LogP contribution in [0.2, 0.25) is 10.0 Å². The molecule has 2 aliphatic rings. The molecule has 21 heavy (non-hydrogen) atoms. The highest BCUT2D eigenvalue weighted by atomic mass is 35.5. The summed E-state index contributed by atoms with van der Waals surface area (Å²) in [4.78, 5) is 2.54. The van der Waals surface area contributed by atoms with E-state index in [2.05, 4.69) is 10.2 Å².